The lowest BCUT2D eigenvalue weighted by Crippen LogP contribution is -2.21. The van der Waals surface area contributed by atoms with Crippen LogP contribution in [-0.4, -0.2) is 42.4 Å². The maximum atomic E-state index is 13.6. The number of hydrogen-bond acceptors (Lipinski definition) is 6. The third-order valence-electron chi connectivity index (χ3n) is 7.41. The molecule has 2 aliphatic rings. The van der Waals surface area contributed by atoms with E-state index in [-0.39, 0.29) is 30.4 Å². The van der Waals surface area contributed by atoms with E-state index in [2.05, 4.69) is 20.1 Å². The van der Waals surface area contributed by atoms with Gasteiger partial charge < -0.3 is 19.4 Å². The summed E-state index contributed by atoms with van der Waals surface area (Å²) in [7, 11) is 0. The molecular weight excluding hydrogens is 578 g/mol. The van der Waals surface area contributed by atoms with Crippen molar-refractivity contribution in [2.75, 3.05) is 11.9 Å². The Morgan fingerprint density at radius 1 is 1.26 bits per heavy atom. The summed E-state index contributed by atoms with van der Waals surface area (Å²) in [6.45, 7) is -3.78. The van der Waals surface area contributed by atoms with Crippen molar-refractivity contribution >= 4 is 34.2 Å². The predicted octanol–water partition coefficient (Wildman–Crippen LogP) is 6.96. The summed E-state index contributed by atoms with van der Waals surface area (Å²) < 4.78 is 94.6. The molecule has 0 spiro atoms. The SMILES string of the molecule is [2H]C([2H])([2H])C([2H])(n1cc2c(n1)-c1cc(-c3cc(C(=O)Nc4ccc(OC(F)(F)Cl)cc4)cc4nc5n(c34)[C@H](C)COC5)cnc1C2)C([2H])([2H])[2H]. The second-order valence-electron chi connectivity index (χ2n) is 10.4. The zero-order valence-electron chi connectivity index (χ0n) is 29.5. The van der Waals surface area contributed by atoms with Crippen molar-refractivity contribution in [2.45, 2.75) is 51.3 Å². The van der Waals surface area contributed by atoms with Crippen LogP contribution in [0.4, 0.5) is 14.5 Å². The van der Waals surface area contributed by atoms with Crippen molar-refractivity contribution in [3.8, 4) is 28.1 Å². The van der Waals surface area contributed by atoms with Crippen LogP contribution in [0.15, 0.2) is 54.9 Å². The van der Waals surface area contributed by atoms with Crippen LogP contribution in [0.3, 0.4) is 0 Å². The van der Waals surface area contributed by atoms with Crippen LogP contribution in [0.25, 0.3) is 33.4 Å². The zero-order chi connectivity index (χ0) is 36.0. The number of hydrogen-bond donors (Lipinski definition) is 1. The number of benzene rings is 2. The number of fused-ring (bicyclic) bond motifs is 6. The van der Waals surface area contributed by atoms with Gasteiger partial charge in [-0.15, -0.1) is 8.78 Å². The average molecular weight is 612 g/mol. The number of anilines is 1. The molecule has 3 aromatic heterocycles. The van der Waals surface area contributed by atoms with Crippen LogP contribution < -0.4 is 10.1 Å². The van der Waals surface area contributed by atoms with Gasteiger partial charge in [-0.1, -0.05) is 0 Å². The summed E-state index contributed by atoms with van der Waals surface area (Å²) in [5, 5.41) is 7.08. The second kappa shape index (κ2) is 10.1. The van der Waals surface area contributed by atoms with Gasteiger partial charge in [-0.25, -0.2) is 4.98 Å². The molecule has 0 saturated carbocycles. The minimum absolute atomic E-state index is 0.0992. The Bertz CT molecular complexity index is 2150. The van der Waals surface area contributed by atoms with Crippen molar-refractivity contribution in [1.29, 1.82) is 0 Å². The molecule has 1 amide bonds. The fourth-order valence-corrected chi connectivity index (χ4v) is 5.68. The van der Waals surface area contributed by atoms with Crippen LogP contribution in [0, 0.1) is 0 Å². The number of nitrogens with zero attached hydrogens (tertiary/aromatic N) is 5. The van der Waals surface area contributed by atoms with Crippen molar-refractivity contribution in [3.05, 3.63) is 77.5 Å². The summed E-state index contributed by atoms with van der Waals surface area (Å²) in [5.41, 5.74) is 1.00. The van der Waals surface area contributed by atoms with E-state index < -0.39 is 31.2 Å². The first-order chi connectivity index (χ1) is 23.3. The van der Waals surface area contributed by atoms with Crippen molar-refractivity contribution in [1.82, 2.24) is 24.3 Å². The number of pyridine rings is 1. The van der Waals surface area contributed by atoms with Crippen LogP contribution >= 0.6 is 11.6 Å². The lowest BCUT2D eigenvalue weighted by Gasteiger charge is -2.23. The number of aromatic nitrogens is 5. The molecule has 5 aromatic rings. The van der Waals surface area contributed by atoms with Gasteiger partial charge in [-0.2, -0.15) is 5.10 Å². The molecule has 7 rings (SSSR count). The Morgan fingerprint density at radius 2 is 2.07 bits per heavy atom. The summed E-state index contributed by atoms with van der Waals surface area (Å²) in [5.74, 6) is -0.0644. The van der Waals surface area contributed by atoms with E-state index in [0.717, 1.165) is 5.52 Å². The number of imidazole rings is 1. The van der Waals surface area contributed by atoms with Gasteiger partial charge in [-0.05, 0) is 63.1 Å². The van der Waals surface area contributed by atoms with E-state index in [4.69, 9.17) is 30.9 Å². The van der Waals surface area contributed by atoms with Crippen LogP contribution in [-0.2, 0) is 17.8 Å². The van der Waals surface area contributed by atoms with Crippen molar-refractivity contribution in [3.63, 3.8) is 0 Å². The van der Waals surface area contributed by atoms with E-state index in [1.807, 2.05) is 11.5 Å². The molecule has 12 heteroatoms. The number of alkyl halides is 3. The fraction of sp³-hybridized carbons (Fsp3) is 0.290. The van der Waals surface area contributed by atoms with E-state index in [1.165, 1.54) is 30.5 Å². The maximum Gasteiger partial charge on any atom is 0.487 e. The quantitative estimate of drug-likeness (QED) is 0.205. The molecule has 0 unspecified atom stereocenters. The van der Waals surface area contributed by atoms with Gasteiger partial charge in [0, 0.05) is 78.2 Å². The Morgan fingerprint density at radius 3 is 2.84 bits per heavy atom. The molecule has 9 nitrogen and oxygen atoms in total. The topological polar surface area (TPSA) is 96.1 Å². The summed E-state index contributed by atoms with van der Waals surface area (Å²) in [6.07, 6.45) is 3.16. The number of nitrogens with one attached hydrogen (secondary N) is 1. The maximum absolute atomic E-state index is 13.6. The molecule has 1 aliphatic carbocycles. The van der Waals surface area contributed by atoms with Gasteiger partial charge in [0.25, 0.3) is 5.91 Å². The molecule has 43 heavy (non-hydrogen) atoms. The van der Waals surface area contributed by atoms with Crippen LogP contribution in [0.2, 0.25) is 0 Å². The molecule has 0 fully saturated rings. The summed E-state index contributed by atoms with van der Waals surface area (Å²) in [4.78, 5) is 23.0. The summed E-state index contributed by atoms with van der Waals surface area (Å²) in [6, 6.07) is 7.21. The third kappa shape index (κ3) is 5.02. The number of halogens is 3. The normalized spacial score (nSPS) is 19.1. The fourth-order valence-electron chi connectivity index (χ4n) is 5.59. The molecule has 1 aliphatic heterocycles. The number of carbonyl (C=O) groups excluding carboxylic acids is 1. The van der Waals surface area contributed by atoms with Crippen molar-refractivity contribution in [2.24, 2.45) is 0 Å². The number of rotatable bonds is 6. The average Bonchev–Trinajstić information content (AvgIpc) is 3.70. The highest BCUT2D eigenvalue weighted by molar-refractivity contribution is 6.20. The van der Waals surface area contributed by atoms with Gasteiger partial charge in [-0.3, -0.25) is 14.5 Å². The minimum Gasteiger partial charge on any atom is -0.420 e. The van der Waals surface area contributed by atoms with E-state index in [0.29, 0.717) is 62.0 Å². The largest absolute Gasteiger partial charge is 0.487 e. The second-order valence-corrected chi connectivity index (χ2v) is 10.8. The number of carbonyl (C=O) groups is 1. The Hall–Kier alpha value is -4.35. The first-order valence-electron chi connectivity index (χ1n) is 16.7. The van der Waals surface area contributed by atoms with Gasteiger partial charge in [0.1, 0.15) is 18.2 Å². The van der Waals surface area contributed by atoms with Gasteiger partial charge in [0.15, 0.2) is 0 Å². The monoisotopic (exact) mass is 611 g/mol. The molecular formula is C31H27ClF2N6O3. The number of ether oxygens (including phenoxy) is 2. The lowest BCUT2D eigenvalue weighted by molar-refractivity contribution is -0.0964. The van der Waals surface area contributed by atoms with E-state index in [1.54, 1.807) is 24.4 Å². The molecule has 1 N–H and O–H groups in total. The molecule has 0 bridgehead atoms. The van der Waals surface area contributed by atoms with E-state index >= 15 is 0 Å². The first-order valence-corrected chi connectivity index (χ1v) is 13.6. The highest BCUT2D eigenvalue weighted by atomic mass is 35.5. The highest BCUT2D eigenvalue weighted by Crippen LogP contribution is 2.40. The first kappa shape index (κ1) is 20.5. The molecule has 0 saturated heterocycles. The lowest BCUT2D eigenvalue weighted by atomic mass is 9.99. The standard InChI is InChI=1S/C31H27ClF2N6O3/c1-16(2)39-13-20-11-25-24(28(20)38-39)9-19(12-35-25)23-8-18(10-26-29(23)40-17(3)14-42-15-27(40)37-26)30(41)36-21-4-6-22(7-5-21)43-31(32,33)34/h4-10,12-13,16-17H,11,14-15H2,1-3H3,(H,36,41)/t17-/m1/s1/i1D3,2D3,16D. The van der Waals surface area contributed by atoms with Gasteiger partial charge >= 0.3 is 5.57 Å². The Labute approximate surface area is 260 Å². The van der Waals surface area contributed by atoms with Crippen LogP contribution in [0.5, 0.6) is 5.75 Å². The predicted molar refractivity (Wildman–Crippen MR) is 158 cm³/mol. The van der Waals surface area contributed by atoms with Gasteiger partial charge in [0.05, 0.1) is 36.4 Å². The number of amides is 1. The van der Waals surface area contributed by atoms with Crippen molar-refractivity contribution < 1.29 is 32.6 Å². The molecule has 0 radical (unpaired) electrons. The molecule has 220 valence electrons. The Balaban J connectivity index is 1.31. The molecule has 2 aromatic carbocycles. The minimum atomic E-state index is -3.89. The van der Waals surface area contributed by atoms with Crippen LogP contribution in [0.1, 0.15) is 69.7 Å². The van der Waals surface area contributed by atoms with Gasteiger partial charge in [0.2, 0.25) is 0 Å². The Kier molecular flexibility index (Phi) is 4.84. The third-order valence-corrected chi connectivity index (χ3v) is 7.49. The summed E-state index contributed by atoms with van der Waals surface area (Å²) >= 11 is 4.84. The zero-order valence-corrected chi connectivity index (χ0v) is 23.2. The smallest absolute Gasteiger partial charge is 0.420 e. The molecule has 4 heterocycles. The molecule has 1 atom stereocenters. The van der Waals surface area contributed by atoms with E-state index in [9.17, 15) is 13.6 Å². The highest BCUT2D eigenvalue weighted by Gasteiger charge is 2.29.